The zero-order valence-corrected chi connectivity index (χ0v) is 7.71. The van der Waals surface area contributed by atoms with E-state index in [-0.39, 0.29) is 5.82 Å². The van der Waals surface area contributed by atoms with Crippen LogP contribution in [0, 0.1) is 12.7 Å². The molecule has 0 aliphatic heterocycles. The summed E-state index contributed by atoms with van der Waals surface area (Å²) in [5, 5.41) is 0. The van der Waals surface area contributed by atoms with Gasteiger partial charge in [0.05, 0.1) is 5.69 Å². The number of rotatable bonds is 1. The Bertz CT molecular complexity index is 462. The molecule has 0 aliphatic rings. The summed E-state index contributed by atoms with van der Waals surface area (Å²) in [6, 6.07) is 6.28. The Morgan fingerprint density at radius 1 is 1.43 bits per heavy atom. The summed E-state index contributed by atoms with van der Waals surface area (Å²) in [4.78, 5) is 6.95. The number of aromatic amines is 1. The molecule has 3 N–H and O–H groups in total. The van der Waals surface area contributed by atoms with Gasteiger partial charge in [0.15, 0.2) is 5.95 Å². The van der Waals surface area contributed by atoms with Crippen LogP contribution in [0.3, 0.4) is 0 Å². The third kappa shape index (κ3) is 1.46. The number of aryl methyl sites for hydroxylation is 1. The zero-order valence-electron chi connectivity index (χ0n) is 7.71. The normalized spacial score (nSPS) is 10.4. The van der Waals surface area contributed by atoms with E-state index in [1.165, 1.54) is 12.1 Å². The molecule has 0 atom stereocenters. The molecule has 0 saturated carbocycles. The van der Waals surface area contributed by atoms with Crippen LogP contribution in [0.1, 0.15) is 5.69 Å². The van der Waals surface area contributed by atoms with Crippen LogP contribution in [0.5, 0.6) is 0 Å². The van der Waals surface area contributed by atoms with E-state index in [1.807, 2.05) is 6.92 Å². The van der Waals surface area contributed by atoms with Crippen molar-refractivity contribution in [2.24, 2.45) is 0 Å². The summed E-state index contributed by atoms with van der Waals surface area (Å²) in [7, 11) is 0. The molecule has 0 amide bonds. The number of benzene rings is 1. The highest BCUT2D eigenvalue weighted by molar-refractivity contribution is 5.63. The number of anilines is 1. The number of H-pyrrole nitrogens is 1. The molecule has 2 aromatic rings. The monoisotopic (exact) mass is 191 g/mol. The van der Waals surface area contributed by atoms with E-state index in [0.29, 0.717) is 11.6 Å². The molecule has 1 aromatic heterocycles. The van der Waals surface area contributed by atoms with Gasteiger partial charge in [0.2, 0.25) is 0 Å². The molecule has 72 valence electrons. The van der Waals surface area contributed by atoms with Crippen molar-refractivity contribution < 1.29 is 4.39 Å². The summed E-state index contributed by atoms with van der Waals surface area (Å²) in [6.45, 7) is 1.85. The van der Waals surface area contributed by atoms with E-state index in [4.69, 9.17) is 5.73 Å². The van der Waals surface area contributed by atoms with E-state index >= 15 is 0 Å². The van der Waals surface area contributed by atoms with Gasteiger partial charge in [-0.15, -0.1) is 0 Å². The predicted octanol–water partition coefficient (Wildman–Crippen LogP) is 2.11. The minimum Gasteiger partial charge on any atom is -0.369 e. The lowest BCUT2D eigenvalue weighted by atomic mass is 10.1. The van der Waals surface area contributed by atoms with Gasteiger partial charge in [-0.25, -0.2) is 9.37 Å². The molecule has 1 aromatic carbocycles. The molecular weight excluding hydrogens is 181 g/mol. The van der Waals surface area contributed by atoms with Crippen LogP contribution in [0.25, 0.3) is 11.3 Å². The topological polar surface area (TPSA) is 54.7 Å². The molecular formula is C10H10FN3. The van der Waals surface area contributed by atoms with Crippen LogP contribution in [0.2, 0.25) is 0 Å². The second-order valence-corrected chi connectivity index (χ2v) is 3.11. The van der Waals surface area contributed by atoms with Crippen LogP contribution in [0.15, 0.2) is 24.3 Å². The van der Waals surface area contributed by atoms with Crippen molar-refractivity contribution in [2.75, 3.05) is 5.73 Å². The van der Waals surface area contributed by atoms with Crippen molar-refractivity contribution in [2.45, 2.75) is 6.92 Å². The summed E-state index contributed by atoms with van der Waals surface area (Å²) < 4.78 is 12.9. The van der Waals surface area contributed by atoms with Crippen LogP contribution in [-0.2, 0) is 0 Å². The molecule has 0 fully saturated rings. The van der Waals surface area contributed by atoms with Crippen LogP contribution >= 0.6 is 0 Å². The first kappa shape index (κ1) is 8.74. The van der Waals surface area contributed by atoms with Crippen molar-refractivity contribution in [3.63, 3.8) is 0 Å². The average Bonchev–Trinajstić information content (AvgIpc) is 2.45. The van der Waals surface area contributed by atoms with Gasteiger partial charge in [-0.2, -0.15) is 0 Å². The summed E-state index contributed by atoms with van der Waals surface area (Å²) >= 11 is 0. The fraction of sp³-hybridized carbons (Fsp3) is 0.100. The first-order chi connectivity index (χ1) is 6.66. The molecule has 0 bridgehead atoms. The maximum atomic E-state index is 12.9. The first-order valence-corrected chi connectivity index (χ1v) is 4.25. The molecule has 3 nitrogen and oxygen atoms in total. The summed E-state index contributed by atoms with van der Waals surface area (Å²) in [5.74, 6) is 0.0743. The quantitative estimate of drug-likeness (QED) is 0.725. The number of nitrogen functional groups attached to an aromatic ring is 1. The Labute approximate surface area is 80.8 Å². The molecule has 0 aliphatic carbocycles. The highest BCUT2D eigenvalue weighted by atomic mass is 19.1. The number of nitrogens with zero attached hydrogens (tertiary/aromatic N) is 1. The van der Waals surface area contributed by atoms with Crippen molar-refractivity contribution in [1.29, 1.82) is 0 Å². The lowest BCUT2D eigenvalue weighted by Gasteiger charge is -1.97. The SMILES string of the molecule is Cc1[nH]c(N)nc1-c1cccc(F)c1. The number of imidazole rings is 1. The highest BCUT2D eigenvalue weighted by Gasteiger charge is 2.07. The van der Waals surface area contributed by atoms with E-state index in [0.717, 1.165) is 11.3 Å². The predicted molar refractivity (Wildman–Crippen MR) is 53.1 cm³/mol. The van der Waals surface area contributed by atoms with Gasteiger partial charge in [-0.3, -0.25) is 0 Å². The molecule has 14 heavy (non-hydrogen) atoms. The number of hydrogen-bond acceptors (Lipinski definition) is 2. The van der Waals surface area contributed by atoms with Gasteiger partial charge in [-0.1, -0.05) is 12.1 Å². The van der Waals surface area contributed by atoms with Crippen molar-refractivity contribution in [1.82, 2.24) is 9.97 Å². The zero-order chi connectivity index (χ0) is 10.1. The van der Waals surface area contributed by atoms with Crippen LogP contribution in [-0.4, -0.2) is 9.97 Å². The fourth-order valence-electron chi connectivity index (χ4n) is 1.40. The number of aromatic nitrogens is 2. The molecule has 0 spiro atoms. The number of nitrogens with two attached hydrogens (primary N) is 1. The van der Waals surface area contributed by atoms with Gasteiger partial charge < -0.3 is 10.7 Å². The highest BCUT2D eigenvalue weighted by Crippen LogP contribution is 2.22. The Kier molecular flexibility index (Phi) is 1.96. The third-order valence-electron chi connectivity index (χ3n) is 2.00. The number of halogens is 1. The lowest BCUT2D eigenvalue weighted by molar-refractivity contribution is 0.628. The van der Waals surface area contributed by atoms with Crippen molar-refractivity contribution >= 4 is 5.95 Å². The Morgan fingerprint density at radius 3 is 2.79 bits per heavy atom. The molecule has 0 radical (unpaired) electrons. The maximum Gasteiger partial charge on any atom is 0.198 e. The molecule has 1 heterocycles. The Morgan fingerprint density at radius 2 is 2.21 bits per heavy atom. The van der Waals surface area contributed by atoms with E-state index in [9.17, 15) is 4.39 Å². The van der Waals surface area contributed by atoms with E-state index in [1.54, 1.807) is 12.1 Å². The Balaban J connectivity index is 2.54. The van der Waals surface area contributed by atoms with Crippen LogP contribution < -0.4 is 5.73 Å². The van der Waals surface area contributed by atoms with E-state index in [2.05, 4.69) is 9.97 Å². The van der Waals surface area contributed by atoms with Crippen molar-refractivity contribution in [3.05, 3.63) is 35.8 Å². The Hall–Kier alpha value is -1.84. The minimum absolute atomic E-state index is 0.275. The minimum atomic E-state index is -0.275. The van der Waals surface area contributed by atoms with Gasteiger partial charge >= 0.3 is 0 Å². The van der Waals surface area contributed by atoms with Gasteiger partial charge in [0.1, 0.15) is 5.82 Å². The lowest BCUT2D eigenvalue weighted by Crippen LogP contribution is -1.85. The summed E-state index contributed by atoms with van der Waals surface area (Å²) in [6.07, 6.45) is 0. The average molecular weight is 191 g/mol. The standard InChI is InChI=1S/C10H10FN3/c1-6-9(14-10(12)13-6)7-3-2-4-8(11)5-7/h2-5H,1H3,(H3,12,13,14). The third-order valence-corrected chi connectivity index (χ3v) is 2.00. The van der Waals surface area contributed by atoms with Crippen LogP contribution in [0.4, 0.5) is 10.3 Å². The molecule has 4 heteroatoms. The maximum absolute atomic E-state index is 12.9. The molecule has 2 rings (SSSR count). The first-order valence-electron chi connectivity index (χ1n) is 4.25. The van der Waals surface area contributed by atoms with Gasteiger partial charge in [0.25, 0.3) is 0 Å². The largest absolute Gasteiger partial charge is 0.369 e. The number of nitrogens with one attached hydrogen (secondary N) is 1. The number of hydrogen-bond donors (Lipinski definition) is 2. The molecule has 0 unspecified atom stereocenters. The summed E-state index contributed by atoms with van der Waals surface area (Å²) in [5.41, 5.74) is 7.76. The smallest absolute Gasteiger partial charge is 0.198 e. The van der Waals surface area contributed by atoms with Gasteiger partial charge in [-0.05, 0) is 19.1 Å². The van der Waals surface area contributed by atoms with Crippen molar-refractivity contribution in [3.8, 4) is 11.3 Å². The second-order valence-electron chi connectivity index (χ2n) is 3.11. The van der Waals surface area contributed by atoms with Gasteiger partial charge in [0, 0.05) is 11.3 Å². The molecule has 0 saturated heterocycles. The second kappa shape index (κ2) is 3.14. The fourth-order valence-corrected chi connectivity index (χ4v) is 1.40. The van der Waals surface area contributed by atoms with E-state index < -0.39 is 0 Å².